The minimum atomic E-state index is 0.281. The maximum absolute atomic E-state index is 8.94. The van der Waals surface area contributed by atoms with Gasteiger partial charge in [-0.05, 0) is 25.8 Å². The van der Waals surface area contributed by atoms with Gasteiger partial charge in [0.1, 0.15) is 0 Å². The van der Waals surface area contributed by atoms with Crippen LogP contribution in [0.5, 0.6) is 0 Å². The van der Waals surface area contributed by atoms with Crippen molar-refractivity contribution in [1.29, 1.82) is 5.26 Å². The lowest BCUT2D eigenvalue weighted by atomic mass is 10.0. The summed E-state index contributed by atoms with van der Waals surface area (Å²) in [7, 11) is 2.15. The zero-order chi connectivity index (χ0) is 9.84. The molecule has 0 amide bonds. The van der Waals surface area contributed by atoms with Crippen molar-refractivity contribution in [2.24, 2.45) is 11.8 Å². The van der Waals surface area contributed by atoms with Gasteiger partial charge >= 0.3 is 0 Å². The van der Waals surface area contributed by atoms with Crippen LogP contribution in [0.1, 0.15) is 33.1 Å². The van der Waals surface area contributed by atoms with Crippen molar-refractivity contribution in [3.8, 4) is 6.07 Å². The second-order valence-electron chi connectivity index (χ2n) is 4.57. The Kier molecular flexibility index (Phi) is 3.74. The predicted molar refractivity (Wildman–Crippen MR) is 54.2 cm³/mol. The fourth-order valence-corrected chi connectivity index (χ4v) is 2.33. The molecular weight excluding hydrogens is 160 g/mol. The van der Waals surface area contributed by atoms with Crippen molar-refractivity contribution in [2.75, 3.05) is 13.6 Å². The SMILES string of the molecule is CC(C)CN(C)C1CCCC1C#N. The summed E-state index contributed by atoms with van der Waals surface area (Å²) in [4.78, 5) is 2.37. The molecule has 0 spiro atoms. The smallest absolute Gasteiger partial charge is 0.0672 e. The summed E-state index contributed by atoms with van der Waals surface area (Å²) in [5, 5.41) is 8.94. The van der Waals surface area contributed by atoms with Gasteiger partial charge in [-0.3, -0.25) is 0 Å². The summed E-state index contributed by atoms with van der Waals surface area (Å²) >= 11 is 0. The molecule has 0 aromatic rings. The van der Waals surface area contributed by atoms with Gasteiger partial charge in [0.05, 0.1) is 12.0 Å². The molecule has 0 heterocycles. The van der Waals surface area contributed by atoms with Crippen LogP contribution in [0, 0.1) is 23.2 Å². The molecule has 74 valence electrons. The van der Waals surface area contributed by atoms with Crippen molar-refractivity contribution in [3.63, 3.8) is 0 Å². The van der Waals surface area contributed by atoms with E-state index in [-0.39, 0.29) is 5.92 Å². The fraction of sp³-hybridized carbons (Fsp3) is 0.909. The van der Waals surface area contributed by atoms with Crippen molar-refractivity contribution >= 4 is 0 Å². The third-order valence-electron chi connectivity index (χ3n) is 2.86. The Hall–Kier alpha value is -0.550. The molecule has 1 saturated carbocycles. The number of nitriles is 1. The molecule has 1 fully saturated rings. The molecule has 0 aromatic carbocycles. The van der Waals surface area contributed by atoms with Gasteiger partial charge in [0, 0.05) is 12.6 Å². The minimum absolute atomic E-state index is 0.281. The Labute approximate surface area is 81.5 Å². The fourth-order valence-electron chi connectivity index (χ4n) is 2.33. The molecule has 0 N–H and O–H groups in total. The van der Waals surface area contributed by atoms with E-state index < -0.39 is 0 Å². The molecule has 2 unspecified atom stereocenters. The topological polar surface area (TPSA) is 27.0 Å². The highest BCUT2D eigenvalue weighted by Crippen LogP contribution is 2.28. The summed E-state index contributed by atoms with van der Waals surface area (Å²) in [6.45, 7) is 5.57. The van der Waals surface area contributed by atoms with E-state index in [0.717, 1.165) is 13.0 Å². The van der Waals surface area contributed by atoms with Crippen LogP contribution in [0.25, 0.3) is 0 Å². The lowest BCUT2D eigenvalue weighted by Crippen LogP contribution is -2.36. The van der Waals surface area contributed by atoms with Crippen LogP contribution in [0.15, 0.2) is 0 Å². The largest absolute Gasteiger partial charge is 0.302 e. The number of nitrogens with zero attached hydrogens (tertiary/aromatic N) is 2. The van der Waals surface area contributed by atoms with E-state index in [1.54, 1.807) is 0 Å². The van der Waals surface area contributed by atoms with Crippen LogP contribution in [0.3, 0.4) is 0 Å². The zero-order valence-corrected chi connectivity index (χ0v) is 8.95. The standard InChI is InChI=1S/C11H20N2/c1-9(2)8-13(3)11-6-4-5-10(11)7-12/h9-11H,4-6,8H2,1-3H3. The number of hydrogen-bond acceptors (Lipinski definition) is 2. The van der Waals surface area contributed by atoms with Gasteiger partial charge in [-0.15, -0.1) is 0 Å². The Balaban J connectivity index is 2.46. The van der Waals surface area contributed by atoms with Crippen LogP contribution in [0.2, 0.25) is 0 Å². The molecule has 0 saturated heterocycles. The monoisotopic (exact) mass is 180 g/mol. The first-order valence-corrected chi connectivity index (χ1v) is 5.25. The Morgan fingerprint density at radius 2 is 2.15 bits per heavy atom. The second kappa shape index (κ2) is 4.62. The molecule has 0 aliphatic heterocycles. The summed E-state index contributed by atoms with van der Waals surface area (Å²) in [6, 6.07) is 2.95. The number of hydrogen-bond donors (Lipinski definition) is 0. The Morgan fingerprint density at radius 3 is 2.69 bits per heavy atom. The van der Waals surface area contributed by atoms with E-state index in [1.807, 2.05) is 0 Å². The maximum Gasteiger partial charge on any atom is 0.0672 e. The molecule has 0 aromatic heterocycles. The predicted octanol–water partition coefficient (Wildman–Crippen LogP) is 2.27. The van der Waals surface area contributed by atoms with Crippen LogP contribution >= 0.6 is 0 Å². The van der Waals surface area contributed by atoms with Crippen LogP contribution in [-0.2, 0) is 0 Å². The average molecular weight is 180 g/mol. The van der Waals surface area contributed by atoms with E-state index >= 15 is 0 Å². The molecular formula is C11H20N2. The van der Waals surface area contributed by atoms with Gasteiger partial charge < -0.3 is 4.90 Å². The van der Waals surface area contributed by atoms with E-state index in [0.29, 0.717) is 12.0 Å². The minimum Gasteiger partial charge on any atom is -0.302 e. The van der Waals surface area contributed by atoms with Crippen LogP contribution < -0.4 is 0 Å². The highest BCUT2D eigenvalue weighted by Gasteiger charge is 2.30. The van der Waals surface area contributed by atoms with E-state index in [9.17, 15) is 0 Å². The molecule has 0 bridgehead atoms. The molecule has 13 heavy (non-hydrogen) atoms. The van der Waals surface area contributed by atoms with Gasteiger partial charge in [0.25, 0.3) is 0 Å². The third-order valence-corrected chi connectivity index (χ3v) is 2.86. The highest BCUT2D eigenvalue weighted by molar-refractivity contribution is 4.96. The second-order valence-corrected chi connectivity index (χ2v) is 4.57. The molecule has 1 aliphatic rings. The van der Waals surface area contributed by atoms with Crippen molar-refractivity contribution in [3.05, 3.63) is 0 Å². The molecule has 1 aliphatic carbocycles. The van der Waals surface area contributed by atoms with Gasteiger partial charge in [-0.1, -0.05) is 20.3 Å². The third kappa shape index (κ3) is 2.70. The normalized spacial score (nSPS) is 28.3. The zero-order valence-electron chi connectivity index (χ0n) is 8.95. The van der Waals surface area contributed by atoms with E-state index in [4.69, 9.17) is 5.26 Å². The van der Waals surface area contributed by atoms with Gasteiger partial charge in [0.15, 0.2) is 0 Å². The average Bonchev–Trinajstić information content (AvgIpc) is 2.49. The number of rotatable bonds is 3. The molecule has 2 heteroatoms. The lowest BCUT2D eigenvalue weighted by molar-refractivity contribution is 0.198. The quantitative estimate of drug-likeness (QED) is 0.666. The van der Waals surface area contributed by atoms with E-state index in [2.05, 4.69) is 31.9 Å². The van der Waals surface area contributed by atoms with Gasteiger partial charge in [0.2, 0.25) is 0 Å². The Bertz CT molecular complexity index is 193. The summed E-state index contributed by atoms with van der Waals surface area (Å²) in [5.41, 5.74) is 0. The first-order valence-electron chi connectivity index (χ1n) is 5.25. The first kappa shape index (κ1) is 10.5. The molecule has 2 nitrogen and oxygen atoms in total. The molecule has 1 rings (SSSR count). The van der Waals surface area contributed by atoms with Crippen molar-refractivity contribution in [1.82, 2.24) is 4.90 Å². The van der Waals surface area contributed by atoms with E-state index in [1.165, 1.54) is 12.8 Å². The molecule has 2 atom stereocenters. The van der Waals surface area contributed by atoms with Crippen LogP contribution in [-0.4, -0.2) is 24.5 Å². The van der Waals surface area contributed by atoms with Gasteiger partial charge in [-0.25, -0.2) is 0 Å². The first-order chi connectivity index (χ1) is 6.15. The van der Waals surface area contributed by atoms with Crippen LogP contribution in [0.4, 0.5) is 0 Å². The van der Waals surface area contributed by atoms with Gasteiger partial charge in [-0.2, -0.15) is 5.26 Å². The van der Waals surface area contributed by atoms with Crippen molar-refractivity contribution in [2.45, 2.75) is 39.2 Å². The lowest BCUT2D eigenvalue weighted by Gasteiger charge is -2.27. The maximum atomic E-state index is 8.94. The highest BCUT2D eigenvalue weighted by atomic mass is 15.1. The Morgan fingerprint density at radius 1 is 1.46 bits per heavy atom. The molecule has 0 radical (unpaired) electrons. The summed E-state index contributed by atoms with van der Waals surface area (Å²) in [5.74, 6) is 0.980. The summed E-state index contributed by atoms with van der Waals surface area (Å²) in [6.07, 6.45) is 3.54. The summed E-state index contributed by atoms with van der Waals surface area (Å²) < 4.78 is 0. The van der Waals surface area contributed by atoms with Crippen molar-refractivity contribution < 1.29 is 0 Å².